The van der Waals surface area contributed by atoms with Crippen LogP contribution in [0.25, 0.3) is 5.69 Å². The third-order valence-corrected chi connectivity index (χ3v) is 3.23. The predicted octanol–water partition coefficient (Wildman–Crippen LogP) is 2.44. The fourth-order valence-corrected chi connectivity index (χ4v) is 2.09. The van der Waals surface area contributed by atoms with Gasteiger partial charge in [-0.1, -0.05) is 23.4 Å². The number of rotatable bonds is 5. The summed E-state index contributed by atoms with van der Waals surface area (Å²) < 4.78 is 20.4. The van der Waals surface area contributed by atoms with Crippen LogP contribution in [0, 0.1) is 5.82 Å². The summed E-state index contributed by atoms with van der Waals surface area (Å²) in [7, 11) is 0. The molecule has 1 heterocycles. The normalized spacial score (nSPS) is 10.6. The lowest BCUT2D eigenvalue weighted by Crippen LogP contribution is -2.09. The second-order valence-electron chi connectivity index (χ2n) is 4.68. The van der Waals surface area contributed by atoms with E-state index in [0.29, 0.717) is 11.4 Å². The Balaban J connectivity index is 1.88. The average molecular weight is 298 g/mol. The minimum absolute atomic E-state index is 0.259. The highest BCUT2D eigenvalue weighted by atomic mass is 19.1. The third-order valence-electron chi connectivity index (χ3n) is 3.23. The summed E-state index contributed by atoms with van der Waals surface area (Å²) in [5.41, 5.74) is 7.81. The number of aromatic nitrogens is 3. The highest BCUT2D eigenvalue weighted by molar-refractivity contribution is 5.33. The monoisotopic (exact) mass is 298 g/mol. The fourth-order valence-electron chi connectivity index (χ4n) is 2.09. The van der Waals surface area contributed by atoms with Crippen molar-refractivity contribution in [3.05, 3.63) is 71.8 Å². The highest BCUT2D eigenvalue weighted by Crippen LogP contribution is 2.17. The van der Waals surface area contributed by atoms with E-state index in [9.17, 15) is 4.39 Å². The summed E-state index contributed by atoms with van der Waals surface area (Å²) >= 11 is 0. The van der Waals surface area contributed by atoms with Crippen molar-refractivity contribution in [3.8, 4) is 11.4 Å². The van der Waals surface area contributed by atoms with Crippen LogP contribution in [0.3, 0.4) is 0 Å². The van der Waals surface area contributed by atoms with Gasteiger partial charge in [0.05, 0.1) is 5.69 Å². The summed E-state index contributed by atoms with van der Waals surface area (Å²) in [6.45, 7) is 0.537. The minimum atomic E-state index is -0.301. The van der Waals surface area contributed by atoms with Crippen molar-refractivity contribution < 1.29 is 9.13 Å². The van der Waals surface area contributed by atoms with Crippen LogP contribution in [0.2, 0.25) is 0 Å². The van der Waals surface area contributed by atoms with Gasteiger partial charge in [-0.25, -0.2) is 9.07 Å². The largest absolute Gasteiger partial charge is 0.487 e. The van der Waals surface area contributed by atoms with Crippen LogP contribution in [0.1, 0.15) is 11.4 Å². The van der Waals surface area contributed by atoms with Crippen molar-refractivity contribution in [1.82, 2.24) is 15.0 Å². The molecule has 0 aliphatic rings. The predicted molar refractivity (Wildman–Crippen MR) is 80.0 cm³/mol. The van der Waals surface area contributed by atoms with Crippen molar-refractivity contribution in [3.63, 3.8) is 0 Å². The number of nitrogens with two attached hydrogens (primary N) is 1. The van der Waals surface area contributed by atoms with Crippen LogP contribution in [-0.2, 0) is 13.2 Å². The fraction of sp³-hybridized carbons (Fsp3) is 0.125. The molecule has 0 fully saturated rings. The molecule has 5 nitrogen and oxygen atoms in total. The molecule has 1 aromatic heterocycles. The molecule has 6 heteroatoms. The Kier molecular flexibility index (Phi) is 4.11. The zero-order valence-electron chi connectivity index (χ0n) is 11.8. The summed E-state index contributed by atoms with van der Waals surface area (Å²) in [6, 6.07) is 15.5. The molecule has 112 valence electrons. The van der Waals surface area contributed by atoms with Gasteiger partial charge in [0.1, 0.15) is 29.6 Å². The lowest BCUT2D eigenvalue weighted by Gasteiger charge is -2.09. The van der Waals surface area contributed by atoms with E-state index in [1.807, 2.05) is 30.3 Å². The molecule has 0 aliphatic carbocycles. The van der Waals surface area contributed by atoms with Crippen LogP contribution in [0.5, 0.6) is 5.75 Å². The van der Waals surface area contributed by atoms with Gasteiger partial charge in [-0.2, -0.15) is 0 Å². The molecule has 0 radical (unpaired) electrons. The Labute approximate surface area is 127 Å². The molecule has 0 aliphatic heterocycles. The molecule has 0 spiro atoms. The summed E-state index contributed by atoms with van der Waals surface area (Å²) in [5.74, 6) is 0.447. The molecule has 0 saturated heterocycles. The molecule has 22 heavy (non-hydrogen) atoms. The van der Waals surface area contributed by atoms with Crippen molar-refractivity contribution in [2.45, 2.75) is 13.2 Å². The molecule has 0 unspecified atom stereocenters. The lowest BCUT2D eigenvalue weighted by atomic mass is 10.2. The zero-order chi connectivity index (χ0) is 15.4. The molecular formula is C16H15FN4O. The Morgan fingerprint density at radius 3 is 2.45 bits per heavy atom. The molecule has 0 amide bonds. The first-order valence-electron chi connectivity index (χ1n) is 6.85. The summed E-state index contributed by atoms with van der Waals surface area (Å²) in [6.07, 6.45) is 0. The third kappa shape index (κ3) is 2.96. The number of nitrogens with zero attached hydrogens (tertiary/aromatic N) is 3. The van der Waals surface area contributed by atoms with Crippen LogP contribution in [-0.4, -0.2) is 15.0 Å². The maximum Gasteiger partial charge on any atom is 0.132 e. The first-order chi connectivity index (χ1) is 10.8. The second-order valence-corrected chi connectivity index (χ2v) is 4.68. The van der Waals surface area contributed by atoms with Crippen molar-refractivity contribution in [2.24, 2.45) is 5.73 Å². The van der Waals surface area contributed by atoms with Gasteiger partial charge in [0.2, 0.25) is 0 Å². The minimum Gasteiger partial charge on any atom is -0.487 e. The van der Waals surface area contributed by atoms with Gasteiger partial charge in [-0.15, -0.1) is 5.10 Å². The van der Waals surface area contributed by atoms with Gasteiger partial charge in [0, 0.05) is 6.54 Å². The van der Waals surface area contributed by atoms with Gasteiger partial charge >= 0.3 is 0 Å². The van der Waals surface area contributed by atoms with Gasteiger partial charge in [-0.3, -0.25) is 0 Å². The number of hydrogen-bond donors (Lipinski definition) is 1. The van der Waals surface area contributed by atoms with Crippen LogP contribution >= 0.6 is 0 Å². The van der Waals surface area contributed by atoms with E-state index in [-0.39, 0.29) is 19.0 Å². The van der Waals surface area contributed by atoms with E-state index >= 15 is 0 Å². The highest BCUT2D eigenvalue weighted by Gasteiger charge is 2.14. The van der Waals surface area contributed by atoms with E-state index in [0.717, 1.165) is 11.4 Å². The van der Waals surface area contributed by atoms with Crippen LogP contribution in [0.15, 0.2) is 54.6 Å². The number of para-hydroxylation sites is 1. The quantitative estimate of drug-likeness (QED) is 0.785. The number of benzene rings is 2. The van der Waals surface area contributed by atoms with Gasteiger partial charge < -0.3 is 10.5 Å². The summed E-state index contributed by atoms with van der Waals surface area (Å²) in [5, 5.41) is 8.14. The van der Waals surface area contributed by atoms with E-state index in [1.165, 1.54) is 12.1 Å². The Morgan fingerprint density at radius 2 is 1.77 bits per heavy atom. The van der Waals surface area contributed by atoms with Crippen molar-refractivity contribution >= 4 is 0 Å². The SMILES string of the molecule is NCc1nnn(-c2ccc(F)cc2)c1COc1ccccc1. The first-order valence-corrected chi connectivity index (χ1v) is 6.85. The smallest absolute Gasteiger partial charge is 0.132 e. The Morgan fingerprint density at radius 1 is 1.05 bits per heavy atom. The molecule has 3 aromatic rings. The van der Waals surface area contributed by atoms with E-state index in [1.54, 1.807) is 16.8 Å². The summed E-state index contributed by atoms with van der Waals surface area (Å²) in [4.78, 5) is 0. The first kappa shape index (κ1) is 14.2. The molecule has 3 rings (SSSR count). The van der Waals surface area contributed by atoms with Crippen LogP contribution in [0.4, 0.5) is 4.39 Å². The number of hydrogen-bond acceptors (Lipinski definition) is 4. The zero-order valence-corrected chi connectivity index (χ0v) is 11.8. The standard InChI is InChI=1S/C16H15FN4O/c17-12-6-8-13(9-7-12)21-16(15(10-18)19-20-21)11-22-14-4-2-1-3-5-14/h1-9H,10-11,18H2. The molecule has 2 N–H and O–H groups in total. The average Bonchev–Trinajstić information content (AvgIpc) is 2.97. The molecule has 0 bridgehead atoms. The van der Waals surface area contributed by atoms with Gasteiger partial charge in [0.25, 0.3) is 0 Å². The van der Waals surface area contributed by atoms with Crippen molar-refractivity contribution in [2.75, 3.05) is 0 Å². The Bertz CT molecular complexity index is 741. The van der Waals surface area contributed by atoms with Gasteiger partial charge in [-0.05, 0) is 36.4 Å². The second kappa shape index (κ2) is 6.36. The number of ether oxygens (including phenoxy) is 1. The van der Waals surface area contributed by atoms with Crippen molar-refractivity contribution in [1.29, 1.82) is 0 Å². The molecular weight excluding hydrogens is 283 g/mol. The van der Waals surface area contributed by atoms with Gasteiger partial charge in [0.15, 0.2) is 0 Å². The maximum atomic E-state index is 13.1. The Hall–Kier alpha value is -2.73. The number of halogens is 1. The topological polar surface area (TPSA) is 66.0 Å². The molecule has 0 atom stereocenters. The lowest BCUT2D eigenvalue weighted by molar-refractivity contribution is 0.296. The molecule has 2 aromatic carbocycles. The van der Waals surface area contributed by atoms with E-state index in [2.05, 4.69) is 10.3 Å². The van der Waals surface area contributed by atoms with E-state index in [4.69, 9.17) is 10.5 Å². The molecule has 0 saturated carbocycles. The van der Waals surface area contributed by atoms with E-state index < -0.39 is 0 Å². The maximum absolute atomic E-state index is 13.1. The van der Waals surface area contributed by atoms with Crippen LogP contribution < -0.4 is 10.5 Å².